The van der Waals surface area contributed by atoms with Crippen molar-refractivity contribution in [3.8, 4) is 11.5 Å². The first-order chi connectivity index (χ1) is 12.3. The highest BCUT2D eigenvalue weighted by atomic mass is 16.7. The molecule has 0 unspecified atom stereocenters. The lowest BCUT2D eigenvalue weighted by Crippen LogP contribution is -2.38. The minimum absolute atomic E-state index is 0.0650. The van der Waals surface area contributed by atoms with E-state index in [-0.39, 0.29) is 12.7 Å². The zero-order valence-corrected chi connectivity index (χ0v) is 14.0. The maximum atomic E-state index is 12.4. The number of piperidine rings is 1. The van der Waals surface area contributed by atoms with Crippen LogP contribution in [0.4, 0.5) is 0 Å². The second kappa shape index (κ2) is 7.01. The second-order valence-electron chi connectivity index (χ2n) is 6.44. The molecule has 1 aromatic heterocycles. The predicted octanol–water partition coefficient (Wildman–Crippen LogP) is 2.56. The van der Waals surface area contributed by atoms with Crippen molar-refractivity contribution in [2.24, 2.45) is 5.92 Å². The van der Waals surface area contributed by atoms with Gasteiger partial charge < -0.3 is 14.4 Å². The zero-order valence-electron chi connectivity index (χ0n) is 14.0. The Morgan fingerprint density at radius 2 is 2.08 bits per heavy atom. The molecule has 6 heteroatoms. The van der Waals surface area contributed by atoms with E-state index in [1.807, 2.05) is 46.1 Å². The highest BCUT2D eigenvalue weighted by Gasteiger charge is 2.22. The monoisotopic (exact) mass is 339 g/mol. The number of amides is 1. The highest BCUT2D eigenvalue weighted by molar-refractivity contribution is 5.91. The van der Waals surface area contributed by atoms with Crippen LogP contribution in [0.3, 0.4) is 0 Å². The van der Waals surface area contributed by atoms with Crippen LogP contribution in [-0.4, -0.2) is 40.5 Å². The Morgan fingerprint density at radius 1 is 1.24 bits per heavy atom. The summed E-state index contributed by atoms with van der Waals surface area (Å²) in [4.78, 5) is 14.3. The molecule has 0 radical (unpaired) electrons. The van der Waals surface area contributed by atoms with E-state index in [0.717, 1.165) is 49.5 Å². The number of hydrogen-bond acceptors (Lipinski definition) is 4. The van der Waals surface area contributed by atoms with E-state index in [0.29, 0.717) is 5.92 Å². The van der Waals surface area contributed by atoms with Crippen molar-refractivity contribution in [1.82, 2.24) is 14.7 Å². The summed E-state index contributed by atoms with van der Waals surface area (Å²) < 4.78 is 12.6. The Labute approximate surface area is 146 Å². The Morgan fingerprint density at radius 3 is 2.88 bits per heavy atom. The molecule has 2 aliphatic rings. The number of fused-ring (bicyclic) bond motifs is 1. The number of aromatic nitrogens is 2. The van der Waals surface area contributed by atoms with Crippen LogP contribution >= 0.6 is 0 Å². The number of carbonyl (C=O) groups excluding carboxylic acids is 1. The van der Waals surface area contributed by atoms with Gasteiger partial charge in [-0.15, -0.1) is 0 Å². The molecule has 130 valence electrons. The molecule has 1 fully saturated rings. The number of ether oxygens (including phenoxy) is 2. The number of rotatable bonds is 4. The number of hydrogen-bond donors (Lipinski definition) is 0. The molecule has 0 saturated carbocycles. The van der Waals surface area contributed by atoms with Gasteiger partial charge in [0.2, 0.25) is 12.7 Å². The van der Waals surface area contributed by atoms with Gasteiger partial charge in [-0.2, -0.15) is 5.10 Å². The summed E-state index contributed by atoms with van der Waals surface area (Å²) in [6.45, 7) is 2.80. The normalized spacial score (nSPS) is 17.4. The van der Waals surface area contributed by atoms with Gasteiger partial charge in [0.1, 0.15) is 0 Å². The van der Waals surface area contributed by atoms with Crippen molar-refractivity contribution in [2.75, 3.05) is 19.9 Å². The van der Waals surface area contributed by atoms with Crippen LogP contribution in [0.25, 0.3) is 6.08 Å². The average molecular weight is 339 g/mol. The maximum absolute atomic E-state index is 12.4. The van der Waals surface area contributed by atoms with Gasteiger partial charge in [-0.3, -0.25) is 9.48 Å². The van der Waals surface area contributed by atoms with Crippen LogP contribution in [0.2, 0.25) is 0 Å². The summed E-state index contributed by atoms with van der Waals surface area (Å²) in [6.07, 6.45) is 9.31. The van der Waals surface area contributed by atoms with E-state index >= 15 is 0 Å². The first-order valence-electron chi connectivity index (χ1n) is 8.62. The van der Waals surface area contributed by atoms with Crippen LogP contribution in [0.5, 0.6) is 11.5 Å². The van der Waals surface area contributed by atoms with E-state index in [1.165, 1.54) is 0 Å². The van der Waals surface area contributed by atoms with Crippen molar-refractivity contribution in [3.63, 3.8) is 0 Å². The SMILES string of the molecule is O=C(/C=C/c1ccc2c(c1)OCO2)N1CCC(Cn2cccn2)CC1. The van der Waals surface area contributed by atoms with E-state index in [4.69, 9.17) is 9.47 Å². The van der Waals surface area contributed by atoms with Gasteiger partial charge in [0.25, 0.3) is 0 Å². The van der Waals surface area contributed by atoms with Gasteiger partial charge in [-0.1, -0.05) is 6.07 Å². The van der Waals surface area contributed by atoms with Crippen molar-refractivity contribution in [3.05, 3.63) is 48.3 Å². The third-order valence-corrected chi connectivity index (χ3v) is 4.75. The fraction of sp³-hybridized carbons (Fsp3) is 0.368. The summed E-state index contributed by atoms with van der Waals surface area (Å²) in [5.41, 5.74) is 0.936. The quantitative estimate of drug-likeness (QED) is 0.804. The highest BCUT2D eigenvalue weighted by Crippen LogP contribution is 2.32. The number of nitrogens with zero attached hydrogens (tertiary/aromatic N) is 3. The minimum atomic E-state index is 0.0650. The summed E-state index contributed by atoms with van der Waals surface area (Å²) in [6, 6.07) is 7.63. The molecule has 3 heterocycles. The lowest BCUT2D eigenvalue weighted by atomic mass is 9.97. The van der Waals surface area contributed by atoms with Crippen molar-refractivity contribution in [1.29, 1.82) is 0 Å². The smallest absolute Gasteiger partial charge is 0.246 e. The molecular formula is C19H21N3O3. The van der Waals surface area contributed by atoms with E-state index < -0.39 is 0 Å². The molecule has 0 atom stereocenters. The van der Waals surface area contributed by atoms with Gasteiger partial charge in [-0.05, 0) is 48.6 Å². The fourth-order valence-electron chi connectivity index (χ4n) is 3.30. The lowest BCUT2D eigenvalue weighted by molar-refractivity contribution is -0.127. The van der Waals surface area contributed by atoms with Gasteiger partial charge in [-0.25, -0.2) is 0 Å². The Bertz CT molecular complexity index is 762. The molecule has 6 nitrogen and oxygen atoms in total. The average Bonchev–Trinajstić information content (AvgIpc) is 3.31. The van der Waals surface area contributed by atoms with Gasteiger partial charge in [0, 0.05) is 38.1 Å². The van der Waals surface area contributed by atoms with Crippen LogP contribution in [-0.2, 0) is 11.3 Å². The number of benzene rings is 1. The Hall–Kier alpha value is -2.76. The predicted molar refractivity (Wildman–Crippen MR) is 93.1 cm³/mol. The summed E-state index contributed by atoms with van der Waals surface area (Å²) in [5.74, 6) is 2.13. The summed E-state index contributed by atoms with van der Waals surface area (Å²) in [7, 11) is 0. The first-order valence-corrected chi connectivity index (χ1v) is 8.62. The van der Waals surface area contributed by atoms with Crippen molar-refractivity contribution >= 4 is 12.0 Å². The van der Waals surface area contributed by atoms with Crippen molar-refractivity contribution in [2.45, 2.75) is 19.4 Å². The van der Waals surface area contributed by atoms with E-state index in [1.54, 1.807) is 12.3 Å². The summed E-state index contributed by atoms with van der Waals surface area (Å²) >= 11 is 0. The van der Waals surface area contributed by atoms with E-state index in [2.05, 4.69) is 5.10 Å². The second-order valence-corrected chi connectivity index (χ2v) is 6.44. The third kappa shape index (κ3) is 3.68. The molecule has 1 saturated heterocycles. The Balaban J connectivity index is 1.30. The number of carbonyl (C=O) groups is 1. The molecule has 0 bridgehead atoms. The Kier molecular flexibility index (Phi) is 4.41. The topological polar surface area (TPSA) is 56.6 Å². The molecule has 2 aliphatic heterocycles. The third-order valence-electron chi connectivity index (χ3n) is 4.75. The van der Waals surface area contributed by atoms with Gasteiger partial charge in [0.05, 0.1) is 0 Å². The molecule has 0 aliphatic carbocycles. The zero-order chi connectivity index (χ0) is 17.1. The van der Waals surface area contributed by atoms with Crippen LogP contribution in [0.1, 0.15) is 18.4 Å². The lowest BCUT2D eigenvalue weighted by Gasteiger charge is -2.31. The molecule has 2 aromatic rings. The molecule has 1 aromatic carbocycles. The van der Waals surface area contributed by atoms with Crippen LogP contribution < -0.4 is 9.47 Å². The maximum Gasteiger partial charge on any atom is 0.246 e. The van der Waals surface area contributed by atoms with Gasteiger partial charge in [0.15, 0.2) is 11.5 Å². The van der Waals surface area contributed by atoms with Gasteiger partial charge >= 0.3 is 0 Å². The molecular weight excluding hydrogens is 318 g/mol. The first kappa shape index (κ1) is 15.7. The van der Waals surface area contributed by atoms with Crippen LogP contribution in [0, 0.1) is 5.92 Å². The molecule has 0 N–H and O–H groups in total. The summed E-state index contributed by atoms with van der Waals surface area (Å²) in [5, 5.41) is 4.26. The van der Waals surface area contributed by atoms with Crippen molar-refractivity contribution < 1.29 is 14.3 Å². The molecule has 1 amide bonds. The molecule has 0 spiro atoms. The standard InChI is InChI=1S/C19H21N3O3/c23-19(5-3-15-2-4-17-18(12-15)25-14-24-17)21-10-6-16(7-11-21)13-22-9-1-8-20-22/h1-5,8-9,12,16H,6-7,10-11,13-14H2/b5-3+. The fourth-order valence-corrected chi connectivity index (χ4v) is 3.30. The minimum Gasteiger partial charge on any atom is -0.454 e. The molecule has 4 rings (SSSR count). The number of likely N-dealkylation sites (tertiary alicyclic amines) is 1. The van der Waals surface area contributed by atoms with E-state index in [9.17, 15) is 4.79 Å². The van der Waals surface area contributed by atoms with Crippen LogP contribution in [0.15, 0.2) is 42.7 Å². The largest absolute Gasteiger partial charge is 0.454 e. The molecule has 25 heavy (non-hydrogen) atoms.